The number of hydrogen-bond donors (Lipinski definition) is 2. The number of hydrogen-bond acceptors (Lipinski definition) is 3. The van der Waals surface area contributed by atoms with Crippen LogP contribution in [0.5, 0.6) is 5.75 Å². The second kappa shape index (κ2) is 5.29. The van der Waals surface area contributed by atoms with Crippen molar-refractivity contribution in [2.24, 2.45) is 0 Å². The van der Waals surface area contributed by atoms with Gasteiger partial charge in [0.2, 0.25) is 0 Å². The van der Waals surface area contributed by atoms with E-state index in [-0.39, 0.29) is 11.3 Å². The highest BCUT2D eigenvalue weighted by atomic mass is 19.1. The molecule has 0 aliphatic carbocycles. The molecule has 5 nitrogen and oxygen atoms in total. The van der Waals surface area contributed by atoms with Crippen LogP contribution in [-0.4, -0.2) is 30.1 Å². The largest absolute Gasteiger partial charge is 0.494 e. The van der Waals surface area contributed by atoms with E-state index in [0.29, 0.717) is 0 Å². The zero-order valence-corrected chi connectivity index (χ0v) is 9.36. The van der Waals surface area contributed by atoms with E-state index in [4.69, 9.17) is 9.84 Å². The third-order valence-electron chi connectivity index (χ3n) is 2.13. The lowest BCUT2D eigenvalue weighted by molar-refractivity contribution is -0.138. The Kier molecular flexibility index (Phi) is 4.03. The lowest BCUT2D eigenvalue weighted by Gasteiger charge is -2.09. The normalized spacial score (nSPS) is 11.7. The van der Waals surface area contributed by atoms with Gasteiger partial charge in [0.15, 0.2) is 11.6 Å². The molecule has 1 aromatic rings. The van der Waals surface area contributed by atoms with Crippen LogP contribution in [0.4, 0.5) is 4.39 Å². The van der Waals surface area contributed by atoms with E-state index in [1.165, 1.54) is 26.2 Å². The van der Waals surface area contributed by atoms with Crippen LogP contribution in [0.2, 0.25) is 0 Å². The quantitative estimate of drug-likeness (QED) is 0.825. The van der Waals surface area contributed by atoms with Gasteiger partial charge in [-0.3, -0.25) is 9.59 Å². The highest BCUT2D eigenvalue weighted by Crippen LogP contribution is 2.17. The van der Waals surface area contributed by atoms with Crippen molar-refractivity contribution < 1.29 is 23.8 Å². The maximum Gasteiger partial charge on any atom is 0.325 e. The summed E-state index contributed by atoms with van der Waals surface area (Å²) in [7, 11) is 1.31. The predicted octanol–water partition coefficient (Wildman–Crippen LogP) is 1.04. The van der Waals surface area contributed by atoms with Crippen LogP contribution < -0.4 is 10.1 Å². The summed E-state index contributed by atoms with van der Waals surface area (Å²) in [5, 5.41) is 10.8. The average Bonchev–Trinajstić information content (AvgIpc) is 2.28. The topological polar surface area (TPSA) is 75.6 Å². The SMILES string of the molecule is COc1ccc(C(=O)N[C@@H](C)C(=O)O)cc1F. The van der Waals surface area contributed by atoms with E-state index >= 15 is 0 Å². The maximum atomic E-state index is 13.3. The van der Waals surface area contributed by atoms with Crippen LogP contribution in [0.25, 0.3) is 0 Å². The molecule has 17 heavy (non-hydrogen) atoms. The van der Waals surface area contributed by atoms with Gasteiger partial charge < -0.3 is 15.2 Å². The molecule has 0 aliphatic heterocycles. The number of ether oxygens (including phenoxy) is 1. The second-order valence-corrected chi connectivity index (χ2v) is 3.38. The molecule has 92 valence electrons. The highest BCUT2D eigenvalue weighted by Gasteiger charge is 2.16. The van der Waals surface area contributed by atoms with E-state index in [1.54, 1.807) is 0 Å². The van der Waals surface area contributed by atoms with Crippen molar-refractivity contribution >= 4 is 11.9 Å². The van der Waals surface area contributed by atoms with Crippen LogP contribution in [0.1, 0.15) is 17.3 Å². The smallest absolute Gasteiger partial charge is 0.325 e. The van der Waals surface area contributed by atoms with E-state index < -0.39 is 23.7 Å². The van der Waals surface area contributed by atoms with Gasteiger partial charge in [0, 0.05) is 5.56 Å². The molecule has 0 spiro atoms. The molecule has 0 fully saturated rings. The minimum absolute atomic E-state index is 0.0211. The fourth-order valence-corrected chi connectivity index (χ4v) is 1.15. The number of carbonyl (C=O) groups excluding carboxylic acids is 1. The molecular formula is C11H12FNO4. The number of rotatable bonds is 4. The summed E-state index contributed by atoms with van der Waals surface area (Å²) in [4.78, 5) is 22.1. The number of nitrogens with one attached hydrogen (secondary N) is 1. The Morgan fingerprint density at radius 2 is 2.12 bits per heavy atom. The van der Waals surface area contributed by atoms with Crippen molar-refractivity contribution in [1.82, 2.24) is 5.32 Å². The van der Waals surface area contributed by atoms with Gasteiger partial charge in [-0.1, -0.05) is 0 Å². The summed E-state index contributed by atoms with van der Waals surface area (Å²) >= 11 is 0. The minimum atomic E-state index is -1.16. The summed E-state index contributed by atoms with van der Waals surface area (Å²) in [6, 6.07) is 2.61. The van der Waals surface area contributed by atoms with Gasteiger partial charge in [0.05, 0.1) is 7.11 Å². The molecule has 0 radical (unpaired) electrons. The molecule has 1 rings (SSSR count). The molecule has 2 N–H and O–H groups in total. The Hall–Kier alpha value is -2.11. The number of carboxylic acids is 1. The summed E-state index contributed by atoms with van der Waals surface area (Å²) in [6.07, 6.45) is 0. The van der Waals surface area contributed by atoms with Gasteiger partial charge in [0.1, 0.15) is 6.04 Å². The monoisotopic (exact) mass is 241 g/mol. The fraction of sp³-hybridized carbons (Fsp3) is 0.273. The number of halogens is 1. The summed E-state index contributed by atoms with van der Waals surface area (Å²) in [6.45, 7) is 1.32. The standard InChI is InChI=1S/C11H12FNO4/c1-6(11(15)16)13-10(14)7-3-4-9(17-2)8(12)5-7/h3-6H,1-2H3,(H,13,14)(H,15,16)/t6-/m0/s1. The Labute approximate surface area is 97.2 Å². The molecule has 6 heteroatoms. The number of carboxylic acid groups (broad SMARTS) is 1. The molecule has 0 aliphatic rings. The van der Waals surface area contributed by atoms with Gasteiger partial charge in [-0.15, -0.1) is 0 Å². The summed E-state index contributed by atoms with van der Waals surface area (Å²) in [5.74, 6) is -2.47. The number of aliphatic carboxylic acids is 1. The zero-order valence-electron chi connectivity index (χ0n) is 9.36. The van der Waals surface area contributed by atoms with Crippen LogP contribution in [0, 0.1) is 5.82 Å². The molecule has 0 heterocycles. The highest BCUT2D eigenvalue weighted by molar-refractivity contribution is 5.96. The van der Waals surface area contributed by atoms with Crippen LogP contribution >= 0.6 is 0 Å². The first-order valence-corrected chi connectivity index (χ1v) is 4.83. The van der Waals surface area contributed by atoms with Crippen LogP contribution in [0.3, 0.4) is 0 Å². The molecular weight excluding hydrogens is 229 g/mol. The fourth-order valence-electron chi connectivity index (χ4n) is 1.15. The average molecular weight is 241 g/mol. The third-order valence-corrected chi connectivity index (χ3v) is 2.13. The van der Waals surface area contributed by atoms with E-state index in [9.17, 15) is 14.0 Å². The van der Waals surface area contributed by atoms with E-state index in [2.05, 4.69) is 5.32 Å². The lowest BCUT2D eigenvalue weighted by Crippen LogP contribution is -2.38. The first-order chi connectivity index (χ1) is 7.95. The second-order valence-electron chi connectivity index (χ2n) is 3.38. The van der Waals surface area contributed by atoms with Crippen LogP contribution in [0.15, 0.2) is 18.2 Å². The van der Waals surface area contributed by atoms with Gasteiger partial charge >= 0.3 is 5.97 Å². The summed E-state index contributed by atoms with van der Waals surface area (Å²) in [5.41, 5.74) is 0.0383. The van der Waals surface area contributed by atoms with Crippen molar-refractivity contribution in [3.63, 3.8) is 0 Å². The molecule has 0 bridgehead atoms. The maximum absolute atomic E-state index is 13.3. The molecule has 0 saturated carbocycles. The van der Waals surface area contributed by atoms with Gasteiger partial charge in [-0.2, -0.15) is 0 Å². The number of amides is 1. The van der Waals surface area contributed by atoms with Gasteiger partial charge in [0.25, 0.3) is 5.91 Å². The Bertz CT molecular complexity index is 447. The van der Waals surface area contributed by atoms with E-state index in [0.717, 1.165) is 6.07 Å². The van der Waals surface area contributed by atoms with Gasteiger partial charge in [-0.25, -0.2) is 4.39 Å². The Morgan fingerprint density at radius 3 is 2.59 bits per heavy atom. The van der Waals surface area contributed by atoms with Crippen molar-refractivity contribution in [2.45, 2.75) is 13.0 Å². The van der Waals surface area contributed by atoms with Crippen molar-refractivity contribution in [1.29, 1.82) is 0 Å². The number of benzene rings is 1. The van der Waals surface area contributed by atoms with Crippen molar-refractivity contribution in [3.05, 3.63) is 29.6 Å². The predicted molar refractivity (Wildman–Crippen MR) is 57.5 cm³/mol. The molecule has 1 atom stereocenters. The number of methoxy groups -OCH3 is 1. The lowest BCUT2D eigenvalue weighted by atomic mass is 10.2. The molecule has 1 aromatic carbocycles. The van der Waals surface area contributed by atoms with Crippen molar-refractivity contribution in [3.8, 4) is 5.75 Å². The van der Waals surface area contributed by atoms with Gasteiger partial charge in [-0.05, 0) is 25.1 Å². The molecule has 1 amide bonds. The van der Waals surface area contributed by atoms with E-state index in [1.807, 2.05) is 0 Å². The Balaban J connectivity index is 2.83. The van der Waals surface area contributed by atoms with Crippen LogP contribution in [-0.2, 0) is 4.79 Å². The van der Waals surface area contributed by atoms with Crippen molar-refractivity contribution in [2.75, 3.05) is 7.11 Å². The number of carbonyl (C=O) groups is 2. The molecule has 0 saturated heterocycles. The Morgan fingerprint density at radius 1 is 1.47 bits per heavy atom. The third kappa shape index (κ3) is 3.17. The zero-order chi connectivity index (χ0) is 13.0. The molecule has 0 aromatic heterocycles. The minimum Gasteiger partial charge on any atom is -0.494 e. The first-order valence-electron chi connectivity index (χ1n) is 4.83. The summed E-state index contributed by atoms with van der Waals surface area (Å²) < 4.78 is 18.0. The first kappa shape index (κ1) is 13.0. The molecule has 0 unspecified atom stereocenters.